The van der Waals surface area contributed by atoms with Gasteiger partial charge in [0.15, 0.2) is 0 Å². The number of hydrogen-bond acceptors (Lipinski definition) is 5. The fourth-order valence-electron chi connectivity index (χ4n) is 3.00. The van der Waals surface area contributed by atoms with Crippen molar-refractivity contribution in [2.24, 2.45) is 0 Å². The van der Waals surface area contributed by atoms with Gasteiger partial charge in [-0.3, -0.25) is 4.79 Å². The number of anilines is 1. The minimum atomic E-state index is -0.198. The Hall–Kier alpha value is -2.89. The number of aromatic nitrogens is 2. The van der Waals surface area contributed by atoms with Crippen LogP contribution in [-0.4, -0.2) is 21.4 Å². The molecule has 2 heterocycles. The number of hydrogen-bond donors (Lipinski definition) is 2. The fourth-order valence-corrected chi connectivity index (χ4v) is 3.00. The molecule has 0 bridgehead atoms. The van der Waals surface area contributed by atoms with E-state index in [1.807, 2.05) is 44.2 Å². The van der Waals surface area contributed by atoms with Crippen LogP contribution in [0.5, 0.6) is 0 Å². The van der Waals surface area contributed by atoms with Crippen molar-refractivity contribution in [3.8, 4) is 0 Å². The number of nitrogens with zero attached hydrogens (tertiary/aromatic N) is 2. The zero-order valence-corrected chi connectivity index (χ0v) is 15.2. The molecule has 2 aromatic heterocycles. The molecule has 1 amide bonds. The predicted molar refractivity (Wildman–Crippen MR) is 100 cm³/mol. The molecular formula is C20H22N4O2. The summed E-state index contributed by atoms with van der Waals surface area (Å²) in [6.07, 6.45) is 3.64. The predicted octanol–water partition coefficient (Wildman–Crippen LogP) is 3.99. The summed E-state index contributed by atoms with van der Waals surface area (Å²) in [5, 5.41) is 7.12. The molecule has 6 nitrogen and oxygen atoms in total. The number of benzene rings is 1. The molecule has 0 spiro atoms. The second-order valence-electron chi connectivity index (χ2n) is 7.24. The van der Waals surface area contributed by atoms with Crippen molar-refractivity contribution < 1.29 is 9.21 Å². The summed E-state index contributed by atoms with van der Waals surface area (Å²) in [6.45, 7) is 5.92. The van der Waals surface area contributed by atoms with Crippen molar-refractivity contribution in [3.63, 3.8) is 0 Å². The van der Waals surface area contributed by atoms with Crippen molar-refractivity contribution in [2.75, 3.05) is 5.32 Å². The number of carbonyl (C=O) groups excluding carboxylic acids is 1. The van der Waals surface area contributed by atoms with Gasteiger partial charge in [-0.25, -0.2) is 4.98 Å². The maximum atomic E-state index is 12.9. The van der Waals surface area contributed by atoms with Crippen LogP contribution < -0.4 is 10.6 Å². The number of amides is 1. The highest BCUT2D eigenvalue weighted by Gasteiger charge is 2.38. The van der Waals surface area contributed by atoms with Crippen molar-refractivity contribution in [3.05, 3.63) is 53.5 Å². The van der Waals surface area contributed by atoms with Crippen LogP contribution in [-0.2, 0) is 0 Å². The van der Waals surface area contributed by atoms with Gasteiger partial charge < -0.3 is 15.1 Å². The van der Waals surface area contributed by atoms with E-state index in [4.69, 9.17) is 4.42 Å². The Labute approximate surface area is 152 Å². The molecule has 1 atom stereocenters. The van der Waals surface area contributed by atoms with Gasteiger partial charge in [-0.1, -0.05) is 30.3 Å². The Morgan fingerprint density at radius 2 is 1.96 bits per heavy atom. The van der Waals surface area contributed by atoms with Gasteiger partial charge in [0.2, 0.25) is 5.71 Å². The summed E-state index contributed by atoms with van der Waals surface area (Å²) in [5.74, 6) is 1.08. The summed E-state index contributed by atoms with van der Waals surface area (Å²) in [6, 6.07) is 9.74. The van der Waals surface area contributed by atoms with E-state index in [1.165, 1.54) is 6.26 Å². The first-order valence-corrected chi connectivity index (χ1v) is 8.85. The van der Waals surface area contributed by atoms with Crippen LogP contribution in [0.25, 0.3) is 11.1 Å². The van der Waals surface area contributed by atoms with Crippen LogP contribution in [0.2, 0.25) is 0 Å². The van der Waals surface area contributed by atoms with Crippen LogP contribution in [0, 0.1) is 6.92 Å². The first-order chi connectivity index (χ1) is 12.5. The van der Waals surface area contributed by atoms with Gasteiger partial charge in [0.1, 0.15) is 17.9 Å². The number of nitrogens with one attached hydrogen (secondary N) is 2. The third-order valence-corrected chi connectivity index (χ3v) is 4.86. The maximum absolute atomic E-state index is 12.9. The molecule has 0 saturated heterocycles. The minimum Gasteiger partial charge on any atom is -0.445 e. The zero-order chi connectivity index (χ0) is 18.3. The summed E-state index contributed by atoms with van der Waals surface area (Å²) in [5.41, 5.74) is 1.97. The zero-order valence-electron chi connectivity index (χ0n) is 15.2. The molecule has 1 fully saturated rings. The first kappa shape index (κ1) is 16.6. The summed E-state index contributed by atoms with van der Waals surface area (Å²) in [4.78, 5) is 21.7. The number of carbonyl (C=O) groups is 1. The molecule has 1 unspecified atom stereocenters. The molecule has 1 saturated carbocycles. The summed E-state index contributed by atoms with van der Waals surface area (Å²) < 4.78 is 5.56. The number of rotatable bonds is 5. The van der Waals surface area contributed by atoms with Gasteiger partial charge in [0, 0.05) is 5.54 Å². The molecule has 6 heteroatoms. The van der Waals surface area contributed by atoms with Crippen LogP contribution in [0.3, 0.4) is 0 Å². The van der Waals surface area contributed by atoms with E-state index in [1.54, 1.807) is 0 Å². The lowest BCUT2D eigenvalue weighted by Crippen LogP contribution is -2.26. The molecule has 0 radical (unpaired) electrons. The fraction of sp³-hybridized carbons (Fsp3) is 0.350. The van der Waals surface area contributed by atoms with E-state index in [0.29, 0.717) is 28.3 Å². The Morgan fingerprint density at radius 3 is 2.65 bits per heavy atom. The Kier molecular flexibility index (Phi) is 3.90. The minimum absolute atomic E-state index is 0.0378. The second kappa shape index (κ2) is 6.12. The lowest BCUT2D eigenvalue weighted by atomic mass is 10.1. The lowest BCUT2D eigenvalue weighted by molar-refractivity contribution is 0.0940. The van der Waals surface area contributed by atoms with E-state index in [0.717, 1.165) is 18.4 Å². The average molecular weight is 350 g/mol. The quantitative estimate of drug-likeness (QED) is 0.727. The standard InChI is InChI=1S/C20H22N4O2/c1-12(14-7-5-4-6-8-14)21-18(25)15-11-26-19-16(15)17(22-13(2)23-19)24-20(3)9-10-20/h4-8,11-12H,9-10H2,1-3H3,(H,21,25)(H,22,23,24). The monoisotopic (exact) mass is 350 g/mol. The van der Waals surface area contributed by atoms with Crippen molar-refractivity contribution in [1.82, 2.24) is 15.3 Å². The highest BCUT2D eigenvalue weighted by atomic mass is 16.3. The topological polar surface area (TPSA) is 80.0 Å². The lowest BCUT2D eigenvalue weighted by Gasteiger charge is -2.15. The molecule has 4 rings (SSSR count). The Morgan fingerprint density at radius 1 is 1.23 bits per heavy atom. The van der Waals surface area contributed by atoms with Crippen molar-refractivity contribution in [2.45, 2.75) is 45.2 Å². The molecule has 2 N–H and O–H groups in total. The van der Waals surface area contributed by atoms with Gasteiger partial charge in [0.25, 0.3) is 5.91 Å². The van der Waals surface area contributed by atoms with Gasteiger partial charge in [-0.2, -0.15) is 4.98 Å². The van der Waals surface area contributed by atoms with E-state index >= 15 is 0 Å². The van der Waals surface area contributed by atoms with Crippen molar-refractivity contribution >= 4 is 22.8 Å². The van der Waals surface area contributed by atoms with Crippen LogP contribution in [0.1, 0.15) is 54.5 Å². The molecule has 1 aliphatic carbocycles. The highest BCUT2D eigenvalue weighted by Crippen LogP contribution is 2.40. The van der Waals surface area contributed by atoms with Gasteiger partial charge in [-0.05, 0) is 39.2 Å². The molecule has 134 valence electrons. The van der Waals surface area contributed by atoms with Gasteiger partial charge in [0.05, 0.1) is 17.0 Å². The molecule has 3 aromatic rings. The molecule has 26 heavy (non-hydrogen) atoms. The van der Waals surface area contributed by atoms with E-state index in [9.17, 15) is 4.79 Å². The third-order valence-electron chi connectivity index (χ3n) is 4.86. The highest BCUT2D eigenvalue weighted by molar-refractivity contribution is 6.09. The second-order valence-corrected chi connectivity index (χ2v) is 7.24. The molecule has 1 aliphatic rings. The van der Waals surface area contributed by atoms with E-state index in [-0.39, 0.29) is 17.5 Å². The molecule has 0 aliphatic heterocycles. The molecular weight excluding hydrogens is 328 g/mol. The summed E-state index contributed by atoms with van der Waals surface area (Å²) in [7, 11) is 0. The Bertz CT molecular complexity index is 961. The summed E-state index contributed by atoms with van der Waals surface area (Å²) >= 11 is 0. The van der Waals surface area contributed by atoms with Gasteiger partial charge in [-0.15, -0.1) is 0 Å². The number of furan rings is 1. The maximum Gasteiger partial charge on any atom is 0.255 e. The Balaban J connectivity index is 1.66. The van der Waals surface area contributed by atoms with Crippen molar-refractivity contribution in [1.29, 1.82) is 0 Å². The SMILES string of the molecule is Cc1nc(NC2(C)CC2)c2c(C(=O)NC(C)c3ccccc3)coc2n1. The third kappa shape index (κ3) is 3.14. The van der Waals surface area contributed by atoms with Crippen LogP contribution in [0.4, 0.5) is 5.82 Å². The largest absolute Gasteiger partial charge is 0.445 e. The number of fused-ring (bicyclic) bond motifs is 1. The smallest absolute Gasteiger partial charge is 0.255 e. The van der Waals surface area contributed by atoms with E-state index < -0.39 is 0 Å². The first-order valence-electron chi connectivity index (χ1n) is 8.85. The van der Waals surface area contributed by atoms with Gasteiger partial charge >= 0.3 is 0 Å². The number of aryl methyl sites for hydroxylation is 1. The molecule has 1 aromatic carbocycles. The van der Waals surface area contributed by atoms with Crippen LogP contribution >= 0.6 is 0 Å². The normalized spacial score (nSPS) is 16.3. The van der Waals surface area contributed by atoms with E-state index in [2.05, 4.69) is 27.5 Å². The average Bonchev–Trinajstić information content (AvgIpc) is 3.17. The van der Waals surface area contributed by atoms with Crippen LogP contribution in [0.15, 0.2) is 41.0 Å².